The van der Waals surface area contributed by atoms with Gasteiger partial charge in [0.25, 0.3) is 0 Å². The van der Waals surface area contributed by atoms with Crippen molar-refractivity contribution in [3.63, 3.8) is 0 Å². The molecule has 4 atom stereocenters. The van der Waals surface area contributed by atoms with E-state index in [9.17, 15) is 0 Å². The van der Waals surface area contributed by atoms with Crippen molar-refractivity contribution in [1.82, 2.24) is 0 Å². The molecular formula is C47H56N2S. The molecule has 4 aliphatic rings. The van der Waals surface area contributed by atoms with Crippen LogP contribution in [0.3, 0.4) is 0 Å². The van der Waals surface area contributed by atoms with Crippen LogP contribution in [0.1, 0.15) is 122 Å². The van der Waals surface area contributed by atoms with Crippen LogP contribution in [0.4, 0.5) is 11.4 Å². The fourth-order valence-electron chi connectivity index (χ4n) is 10.2. The number of thiophene rings is 1. The van der Waals surface area contributed by atoms with Crippen LogP contribution in [0.2, 0.25) is 0 Å². The topological polar surface area (TPSA) is 6.48 Å². The van der Waals surface area contributed by atoms with Crippen LogP contribution in [0.15, 0.2) is 102 Å². The summed E-state index contributed by atoms with van der Waals surface area (Å²) < 4.78 is 2.73. The quantitative estimate of drug-likeness (QED) is 0.135. The summed E-state index contributed by atoms with van der Waals surface area (Å²) in [5.41, 5.74) is 9.97. The van der Waals surface area contributed by atoms with Gasteiger partial charge in [-0.3, -0.25) is 0 Å². The number of fused-ring (bicyclic) bond motifs is 6. The zero-order valence-corrected chi connectivity index (χ0v) is 31.7. The molecule has 4 aromatic rings. The highest BCUT2D eigenvalue weighted by molar-refractivity contribution is 7.25. The van der Waals surface area contributed by atoms with E-state index in [1.165, 1.54) is 125 Å². The molecule has 0 amide bonds. The van der Waals surface area contributed by atoms with Crippen molar-refractivity contribution in [2.45, 2.75) is 129 Å². The molecule has 3 aromatic carbocycles. The summed E-state index contributed by atoms with van der Waals surface area (Å²) in [7, 11) is 0. The lowest BCUT2D eigenvalue weighted by molar-refractivity contribution is 0.355. The third-order valence-corrected chi connectivity index (χ3v) is 13.7. The summed E-state index contributed by atoms with van der Waals surface area (Å²) in [6.45, 7) is 9.25. The lowest BCUT2D eigenvalue weighted by atomic mass is 9.82. The van der Waals surface area contributed by atoms with Crippen molar-refractivity contribution in [1.29, 1.82) is 0 Å². The predicted molar refractivity (Wildman–Crippen MR) is 220 cm³/mol. The molecule has 260 valence electrons. The minimum Gasteiger partial charge on any atom is -0.365 e. The highest BCUT2D eigenvalue weighted by Crippen LogP contribution is 2.51. The van der Waals surface area contributed by atoms with E-state index in [1.807, 2.05) is 11.3 Å². The Hall–Kier alpha value is -3.56. The minimum absolute atomic E-state index is 0.273. The zero-order chi connectivity index (χ0) is 34.2. The van der Waals surface area contributed by atoms with E-state index in [4.69, 9.17) is 0 Å². The van der Waals surface area contributed by atoms with Gasteiger partial charge in [0.05, 0.1) is 6.04 Å². The van der Waals surface area contributed by atoms with Gasteiger partial charge >= 0.3 is 0 Å². The highest BCUT2D eigenvalue weighted by atomic mass is 32.1. The second-order valence-corrected chi connectivity index (χ2v) is 16.7. The Labute approximate surface area is 305 Å². The van der Waals surface area contributed by atoms with E-state index in [1.54, 1.807) is 11.3 Å². The molecule has 2 fully saturated rings. The first-order valence-corrected chi connectivity index (χ1v) is 20.7. The largest absolute Gasteiger partial charge is 0.365 e. The summed E-state index contributed by atoms with van der Waals surface area (Å²) in [4.78, 5) is 5.61. The molecule has 3 aliphatic carbocycles. The van der Waals surface area contributed by atoms with Gasteiger partial charge in [-0.25, -0.2) is 0 Å². The predicted octanol–water partition coefficient (Wildman–Crippen LogP) is 13.7. The van der Waals surface area contributed by atoms with Gasteiger partial charge in [-0.1, -0.05) is 118 Å². The Balaban J connectivity index is 1.19. The SMILES string of the molecule is C/C=C(\C=C(/C)N(c1ccc2c(c1)sc1ccccc12)C1C=CC=C(C)C1CCC)c1ccc2c(c1)N(C1CCCCCC1)C1CCCCC21. The van der Waals surface area contributed by atoms with Crippen LogP contribution in [-0.2, 0) is 0 Å². The first-order valence-electron chi connectivity index (χ1n) is 19.9. The number of hydrogen-bond acceptors (Lipinski definition) is 3. The van der Waals surface area contributed by atoms with E-state index in [0.717, 1.165) is 0 Å². The molecule has 1 aliphatic heterocycles. The van der Waals surface area contributed by atoms with Gasteiger partial charge in [0.15, 0.2) is 0 Å². The van der Waals surface area contributed by atoms with Crippen LogP contribution >= 0.6 is 11.3 Å². The Morgan fingerprint density at radius 2 is 1.66 bits per heavy atom. The smallest absolute Gasteiger partial charge is 0.0587 e. The van der Waals surface area contributed by atoms with Crippen LogP contribution in [0.25, 0.3) is 25.7 Å². The summed E-state index contributed by atoms with van der Waals surface area (Å²) in [6, 6.07) is 25.3. The Bertz CT molecular complexity index is 1960. The second kappa shape index (κ2) is 14.6. The summed E-state index contributed by atoms with van der Waals surface area (Å²) in [6.07, 6.45) is 28.1. The van der Waals surface area contributed by atoms with Gasteiger partial charge < -0.3 is 9.80 Å². The highest BCUT2D eigenvalue weighted by Gasteiger charge is 2.42. The third-order valence-electron chi connectivity index (χ3n) is 12.6. The molecule has 0 bridgehead atoms. The normalized spacial score (nSPS) is 24.7. The molecule has 50 heavy (non-hydrogen) atoms. The molecule has 0 spiro atoms. The van der Waals surface area contributed by atoms with Crippen molar-refractivity contribution in [2.24, 2.45) is 5.92 Å². The number of rotatable bonds is 8. The Morgan fingerprint density at radius 1 is 0.880 bits per heavy atom. The van der Waals surface area contributed by atoms with E-state index in [2.05, 4.69) is 129 Å². The molecule has 0 saturated heterocycles. The van der Waals surface area contributed by atoms with E-state index in [-0.39, 0.29) is 6.04 Å². The summed E-state index contributed by atoms with van der Waals surface area (Å²) in [5, 5.41) is 2.73. The number of benzene rings is 3. The van der Waals surface area contributed by atoms with Gasteiger partial charge in [-0.15, -0.1) is 11.3 Å². The van der Waals surface area contributed by atoms with Crippen molar-refractivity contribution >= 4 is 48.5 Å². The molecule has 2 nitrogen and oxygen atoms in total. The van der Waals surface area contributed by atoms with Crippen LogP contribution in [0.5, 0.6) is 0 Å². The molecule has 2 saturated carbocycles. The molecule has 4 unspecified atom stereocenters. The Kier molecular flexibility index (Phi) is 9.79. The van der Waals surface area contributed by atoms with E-state index < -0.39 is 0 Å². The maximum absolute atomic E-state index is 2.96. The number of nitrogens with zero attached hydrogens (tertiary/aromatic N) is 2. The molecular weight excluding hydrogens is 625 g/mol. The summed E-state index contributed by atoms with van der Waals surface area (Å²) >= 11 is 1.92. The lowest BCUT2D eigenvalue weighted by Crippen LogP contribution is -2.43. The number of allylic oxidation sites excluding steroid dienone is 6. The fraction of sp³-hybridized carbons (Fsp3) is 0.447. The second-order valence-electron chi connectivity index (χ2n) is 15.6. The standard InChI is InChI=1S/C47H56N2S/c1-5-16-38-32(3)17-15-23-43(38)48(37-26-28-42-41-21-12-14-24-46(41)50-47(42)31-37)33(4)29-34(6-2)35-25-27-40-39-20-11-13-22-44(39)49(45(40)30-35)36-18-9-7-8-10-19-36/h6,12,14-15,17,21,23-31,36,38-39,43-44H,5,7-11,13,16,18-20,22H2,1-4H3/b33-29+,34-6+. The van der Waals surface area contributed by atoms with Crippen LogP contribution in [-0.4, -0.2) is 18.1 Å². The molecule has 1 aromatic heterocycles. The van der Waals surface area contributed by atoms with Gasteiger partial charge in [-0.05, 0) is 99.9 Å². The molecule has 8 rings (SSSR count). The van der Waals surface area contributed by atoms with Gasteiger partial charge in [-0.2, -0.15) is 0 Å². The van der Waals surface area contributed by atoms with Gasteiger partial charge in [0, 0.05) is 61.2 Å². The number of hydrogen-bond donors (Lipinski definition) is 0. The van der Waals surface area contributed by atoms with Crippen LogP contribution < -0.4 is 9.80 Å². The van der Waals surface area contributed by atoms with E-state index >= 15 is 0 Å². The summed E-state index contributed by atoms with van der Waals surface area (Å²) in [5.74, 6) is 1.20. The number of anilines is 2. The zero-order valence-electron chi connectivity index (χ0n) is 30.8. The minimum atomic E-state index is 0.273. The maximum Gasteiger partial charge on any atom is 0.0587 e. The van der Waals surface area contributed by atoms with Crippen LogP contribution in [0, 0.1) is 5.92 Å². The average molecular weight is 681 g/mol. The lowest BCUT2D eigenvalue weighted by Gasteiger charge is -2.40. The third kappa shape index (κ3) is 6.19. The molecule has 3 heteroatoms. The van der Waals surface area contributed by atoms with Crippen molar-refractivity contribution in [2.75, 3.05) is 9.80 Å². The first kappa shape index (κ1) is 33.6. The van der Waals surface area contributed by atoms with E-state index in [0.29, 0.717) is 23.9 Å². The maximum atomic E-state index is 2.96. The Morgan fingerprint density at radius 3 is 2.48 bits per heavy atom. The molecule has 0 radical (unpaired) electrons. The average Bonchev–Trinajstić information content (AvgIpc) is 3.54. The van der Waals surface area contributed by atoms with Crippen molar-refractivity contribution in [3.05, 3.63) is 113 Å². The molecule has 0 N–H and O–H groups in total. The van der Waals surface area contributed by atoms with Gasteiger partial charge in [0.2, 0.25) is 0 Å². The fourth-order valence-corrected chi connectivity index (χ4v) is 11.3. The van der Waals surface area contributed by atoms with Crippen molar-refractivity contribution in [3.8, 4) is 0 Å². The first-order chi connectivity index (χ1) is 24.6. The monoisotopic (exact) mass is 680 g/mol. The van der Waals surface area contributed by atoms with Gasteiger partial charge in [0.1, 0.15) is 0 Å². The van der Waals surface area contributed by atoms with Crippen molar-refractivity contribution < 1.29 is 0 Å². The molecule has 2 heterocycles.